The Labute approximate surface area is 177 Å². The minimum absolute atomic E-state index is 0.0642. The van der Waals surface area contributed by atoms with Crippen LogP contribution in [0.15, 0.2) is 41.8 Å². The molecule has 1 unspecified atom stereocenters. The normalized spacial score (nSPS) is 13.7. The molecule has 0 saturated heterocycles. The Kier molecular flexibility index (Phi) is 11.0. The van der Waals surface area contributed by atoms with Gasteiger partial charge in [0, 0.05) is 36.9 Å². The van der Waals surface area contributed by atoms with E-state index in [2.05, 4.69) is 30.7 Å². The largest absolute Gasteiger partial charge is 0.513 e. The summed E-state index contributed by atoms with van der Waals surface area (Å²) in [5, 5.41) is 13.4. The molecule has 1 heterocycles. The van der Waals surface area contributed by atoms with Crippen LogP contribution in [0.5, 0.6) is 0 Å². The second kappa shape index (κ2) is 12.4. The highest BCUT2D eigenvalue weighted by Gasteiger charge is 2.26. The highest BCUT2D eigenvalue weighted by molar-refractivity contribution is 8.76. The summed E-state index contributed by atoms with van der Waals surface area (Å²) in [5.41, 5.74) is -0.615. The molecule has 1 aromatic heterocycles. The highest BCUT2D eigenvalue weighted by Crippen LogP contribution is 2.29. The lowest BCUT2D eigenvalue weighted by atomic mass is 9.94. The topological polar surface area (TPSA) is 71.5 Å². The van der Waals surface area contributed by atoms with Gasteiger partial charge in [-0.05, 0) is 63.0 Å². The van der Waals surface area contributed by atoms with E-state index in [0.717, 1.165) is 23.6 Å². The van der Waals surface area contributed by atoms with Gasteiger partial charge in [-0.25, -0.2) is 4.98 Å². The molecule has 0 aliphatic rings. The number of rotatable bonds is 14. The van der Waals surface area contributed by atoms with Gasteiger partial charge in [-0.1, -0.05) is 30.4 Å². The van der Waals surface area contributed by atoms with Crippen molar-refractivity contribution >= 4 is 27.5 Å². The van der Waals surface area contributed by atoms with E-state index in [1.807, 2.05) is 32.0 Å². The van der Waals surface area contributed by atoms with E-state index in [0.29, 0.717) is 25.9 Å². The zero-order valence-corrected chi connectivity index (χ0v) is 19.1. The standard InChI is InChI=1S/C21H34N2O3S2/c1-6-21(5,13-15-26-20(3,4)12-10-17(2)24)23-18(25)11-16-27-28-19-9-7-8-14-22-19/h7-9,14,24H,2,6,10-13,15-16H2,1,3-5H3,(H,23,25). The second-order valence-corrected chi connectivity index (χ2v) is 10.1. The zero-order valence-electron chi connectivity index (χ0n) is 17.5. The number of amides is 1. The Balaban J connectivity index is 2.31. The second-order valence-electron chi connectivity index (χ2n) is 7.71. The molecular formula is C21H34N2O3S2. The number of nitrogens with one attached hydrogen (secondary N) is 1. The molecule has 1 atom stereocenters. The van der Waals surface area contributed by atoms with Crippen LogP contribution >= 0.6 is 21.6 Å². The Hall–Kier alpha value is -1.18. The van der Waals surface area contributed by atoms with Crippen LogP contribution in [0, 0.1) is 0 Å². The van der Waals surface area contributed by atoms with Crippen molar-refractivity contribution in [3.63, 3.8) is 0 Å². The third kappa shape index (κ3) is 11.0. The number of carbonyl (C=O) groups excluding carboxylic acids is 1. The number of aromatic nitrogens is 1. The fourth-order valence-electron chi connectivity index (χ4n) is 2.43. The molecule has 0 fully saturated rings. The van der Waals surface area contributed by atoms with Crippen LogP contribution < -0.4 is 5.32 Å². The average molecular weight is 427 g/mol. The molecule has 0 aliphatic carbocycles. The van der Waals surface area contributed by atoms with Gasteiger partial charge in [0.05, 0.1) is 11.4 Å². The first-order valence-corrected chi connectivity index (χ1v) is 12.0. The average Bonchev–Trinajstić information content (AvgIpc) is 2.64. The molecule has 1 amide bonds. The van der Waals surface area contributed by atoms with E-state index in [1.54, 1.807) is 27.8 Å². The molecule has 2 N–H and O–H groups in total. The molecule has 1 aromatic rings. The van der Waals surface area contributed by atoms with E-state index >= 15 is 0 Å². The fourth-order valence-corrected chi connectivity index (χ4v) is 4.30. The zero-order chi connectivity index (χ0) is 21.0. The van der Waals surface area contributed by atoms with Crippen molar-refractivity contribution < 1.29 is 14.6 Å². The summed E-state index contributed by atoms with van der Waals surface area (Å²) < 4.78 is 5.99. The van der Waals surface area contributed by atoms with Gasteiger partial charge in [0.25, 0.3) is 0 Å². The number of pyridine rings is 1. The van der Waals surface area contributed by atoms with E-state index in [9.17, 15) is 9.90 Å². The van der Waals surface area contributed by atoms with Crippen molar-refractivity contribution in [2.24, 2.45) is 0 Å². The number of hydrogen-bond acceptors (Lipinski definition) is 6. The van der Waals surface area contributed by atoms with Gasteiger partial charge >= 0.3 is 0 Å². The molecule has 0 bridgehead atoms. The molecule has 28 heavy (non-hydrogen) atoms. The molecular weight excluding hydrogens is 392 g/mol. The summed E-state index contributed by atoms with van der Waals surface area (Å²) in [6.07, 6.45) is 5.07. The van der Waals surface area contributed by atoms with Crippen LogP contribution in [-0.2, 0) is 9.53 Å². The van der Waals surface area contributed by atoms with Crippen LogP contribution in [0.4, 0.5) is 0 Å². The van der Waals surface area contributed by atoms with Gasteiger partial charge in [-0.3, -0.25) is 4.79 Å². The quantitative estimate of drug-likeness (QED) is 0.231. The Bertz CT molecular complexity index is 611. The smallest absolute Gasteiger partial charge is 0.221 e. The summed E-state index contributed by atoms with van der Waals surface area (Å²) in [6, 6.07) is 5.81. The first-order valence-electron chi connectivity index (χ1n) is 9.68. The van der Waals surface area contributed by atoms with Gasteiger partial charge < -0.3 is 15.2 Å². The van der Waals surface area contributed by atoms with E-state index < -0.39 is 0 Å². The number of aliphatic hydroxyl groups is 1. The van der Waals surface area contributed by atoms with Crippen molar-refractivity contribution in [1.82, 2.24) is 10.3 Å². The third-order valence-corrected chi connectivity index (χ3v) is 6.85. The summed E-state index contributed by atoms with van der Waals surface area (Å²) in [5.74, 6) is 0.984. The first-order chi connectivity index (χ1) is 13.2. The molecule has 0 saturated carbocycles. The summed E-state index contributed by atoms with van der Waals surface area (Å²) in [6.45, 7) is 12.2. The predicted octanol–water partition coefficient (Wildman–Crippen LogP) is 5.53. The Morgan fingerprint density at radius 1 is 1.29 bits per heavy atom. The summed E-state index contributed by atoms with van der Waals surface area (Å²) >= 11 is 0. The Morgan fingerprint density at radius 2 is 2.04 bits per heavy atom. The molecule has 0 spiro atoms. The molecule has 158 valence electrons. The monoisotopic (exact) mass is 426 g/mol. The lowest BCUT2D eigenvalue weighted by molar-refractivity contribution is -0.122. The predicted molar refractivity (Wildman–Crippen MR) is 120 cm³/mol. The van der Waals surface area contributed by atoms with Crippen LogP contribution in [0.2, 0.25) is 0 Å². The van der Waals surface area contributed by atoms with Crippen molar-refractivity contribution in [3.8, 4) is 0 Å². The Morgan fingerprint density at radius 3 is 2.64 bits per heavy atom. The number of hydrogen-bond donors (Lipinski definition) is 2. The minimum atomic E-state index is -0.330. The first kappa shape index (κ1) is 24.9. The van der Waals surface area contributed by atoms with Crippen LogP contribution in [0.3, 0.4) is 0 Å². The number of ether oxygens (including phenoxy) is 1. The van der Waals surface area contributed by atoms with Gasteiger partial charge in [0.1, 0.15) is 5.03 Å². The summed E-state index contributed by atoms with van der Waals surface area (Å²) in [7, 11) is 3.23. The number of allylic oxidation sites excluding steroid dienone is 1. The maximum absolute atomic E-state index is 12.3. The maximum Gasteiger partial charge on any atom is 0.221 e. The van der Waals surface area contributed by atoms with E-state index in [4.69, 9.17) is 4.74 Å². The van der Waals surface area contributed by atoms with Gasteiger partial charge in [0.15, 0.2) is 0 Å². The molecule has 0 aromatic carbocycles. The highest BCUT2D eigenvalue weighted by atomic mass is 33.1. The number of nitrogens with zero attached hydrogens (tertiary/aromatic N) is 1. The van der Waals surface area contributed by atoms with Gasteiger partial charge in [0.2, 0.25) is 5.91 Å². The van der Waals surface area contributed by atoms with Crippen LogP contribution in [-0.4, -0.2) is 39.5 Å². The minimum Gasteiger partial charge on any atom is -0.513 e. The van der Waals surface area contributed by atoms with Crippen LogP contribution in [0.25, 0.3) is 0 Å². The van der Waals surface area contributed by atoms with Crippen molar-refractivity contribution in [3.05, 3.63) is 36.7 Å². The molecule has 0 aliphatic heterocycles. The SMILES string of the molecule is C=C(O)CCC(C)(C)OCCC(C)(CC)NC(=O)CCSSc1ccccn1. The van der Waals surface area contributed by atoms with E-state index in [1.165, 1.54) is 0 Å². The van der Waals surface area contributed by atoms with Gasteiger partial charge in [-0.15, -0.1) is 0 Å². The van der Waals surface area contributed by atoms with Crippen molar-refractivity contribution in [2.75, 3.05) is 12.4 Å². The lowest BCUT2D eigenvalue weighted by Crippen LogP contribution is -2.46. The van der Waals surface area contributed by atoms with Crippen molar-refractivity contribution in [2.45, 2.75) is 76.0 Å². The summed E-state index contributed by atoms with van der Waals surface area (Å²) in [4.78, 5) is 16.6. The molecule has 0 radical (unpaired) electrons. The number of carbonyl (C=O) groups is 1. The lowest BCUT2D eigenvalue weighted by Gasteiger charge is -2.32. The van der Waals surface area contributed by atoms with E-state index in [-0.39, 0.29) is 22.8 Å². The van der Waals surface area contributed by atoms with Crippen molar-refractivity contribution in [1.29, 1.82) is 0 Å². The van der Waals surface area contributed by atoms with Crippen LogP contribution in [0.1, 0.15) is 59.8 Å². The maximum atomic E-state index is 12.3. The molecule has 7 heteroatoms. The fraction of sp³-hybridized carbons (Fsp3) is 0.619. The number of aliphatic hydroxyl groups excluding tert-OH is 1. The van der Waals surface area contributed by atoms with Gasteiger partial charge in [-0.2, -0.15) is 0 Å². The molecule has 5 nitrogen and oxygen atoms in total. The molecule has 1 rings (SSSR count). The third-order valence-electron chi connectivity index (χ3n) is 4.58.